The van der Waals surface area contributed by atoms with Gasteiger partial charge in [0.2, 0.25) is 5.91 Å². The van der Waals surface area contributed by atoms with Gasteiger partial charge in [0.25, 0.3) is 0 Å². The number of benzene rings is 1. The van der Waals surface area contributed by atoms with Gasteiger partial charge < -0.3 is 15.5 Å². The molecule has 0 atom stereocenters. The third-order valence-corrected chi connectivity index (χ3v) is 5.75. The molecule has 1 aromatic carbocycles. The zero-order valence-electron chi connectivity index (χ0n) is 15.6. The van der Waals surface area contributed by atoms with Crippen LogP contribution in [0, 0.1) is 6.92 Å². The van der Waals surface area contributed by atoms with E-state index in [9.17, 15) is 9.59 Å². The van der Waals surface area contributed by atoms with Crippen molar-refractivity contribution in [3.8, 4) is 0 Å². The first-order valence-electron chi connectivity index (χ1n) is 9.20. The van der Waals surface area contributed by atoms with E-state index in [2.05, 4.69) is 28.5 Å². The number of urea groups is 1. The van der Waals surface area contributed by atoms with Crippen LogP contribution in [0.5, 0.6) is 0 Å². The molecule has 27 heavy (non-hydrogen) atoms. The summed E-state index contributed by atoms with van der Waals surface area (Å²) in [6.45, 7) is 6.25. The van der Waals surface area contributed by atoms with Crippen molar-refractivity contribution in [2.75, 3.05) is 32.7 Å². The topological polar surface area (TPSA) is 64.7 Å². The van der Waals surface area contributed by atoms with E-state index < -0.39 is 0 Å². The molecule has 1 aliphatic rings. The number of piperazine rings is 1. The number of thiophene rings is 1. The van der Waals surface area contributed by atoms with Crippen LogP contribution in [0.25, 0.3) is 0 Å². The lowest BCUT2D eigenvalue weighted by Gasteiger charge is -2.34. The highest BCUT2D eigenvalue weighted by molar-refractivity contribution is 7.10. The Morgan fingerprint density at radius 3 is 2.41 bits per heavy atom. The summed E-state index contributed by atoms with van der Waals surface area (Å²) >= 11 is 1.66. The van der Waals surface area contributed by atoms with Crippen molar-refractivity contribution in [2.24, 2.45) is 0 Å². The van der Waals surface area contributed by atoms with Gasteiger partial charge in [0, 0.05) is 37.6 Å². The molecule has 1 aromatic heterocycles. The zero-order valence-corrected chi connectivity index (χ0v) is 16.4. The van der Waals surface area contributed by atoms with Crippen LogP contribution in [0.1, 0.15) is 16.0 Å². The average Bonchev–Trinajstić information content (AvgIpc) is 3.11. The molecule has 3 amide bonds. The number of carbonyl (C=O) groups is 2. The maximum Gasteiger partial charge on any atom is 0.317 e. The molecule has 0 radical (unpaired) electrons. The highest BCUT2D eigenvalue weighted by Gasteiger charge is 2.22. The fraction of sp³-hybridized carbons (Fsp3) is 0.400. The van der Waals surface area contributed by atoms with Gasteiger partial charge in [-0.15, -0.1) is 11.3 Å². The Morgan fingerprint density at radius 2 is 1.74 bits per heavy atom. The number of aryl methyl sites for hydroxylation is 1. The van der Waals surface area contributed by atoms with Crippen molar-refractivity contribution >= 4 is 23.3 Å². The summed E-state index contributed by atoms with van der Waals surface area (Å²) < 4.78 is 0. The smallest absolute Gasteiger partial charge is 0.317 e. The van der Waals surface area contributed by atoms with Crippen molar-refractivity contribution in [1.29, 1.82) is 0 Å². The van der Waals surface area contributed by atoms with E-state index in [1.807, 2.05) is 40.6 Å². The minimum Gasteiger partial charge on any atom is -0.351 e. The molecule has 1 saturated heterocycles. The highest BCUT2D eigenvalue weighted by atomic mass is 32.1. The summed E-state index contributed by atoms with van der Waals surface area (Å²) in [5, 5.41) is 7.98. The maximum absolute atomic E-state index is 12.3. The van der Waals surface area contributed by atoms with Gasteiger partial charge in [0.1, 0.15) is 0 Å². The van der Waals surface area contributed by atoms with Crippen LogP contribution in [0.2, 0.25) is 0 Å². The number of hydrogen-bond donors (Lipinski definition) is 2. The lowest BCUT2D eigenvalue weighted by Crippen LogP contribution is -2.53. The second-order valence-corrected chi connectivity index (χ2v) is 7.71. The molecule has 2 N–H and O–H groups in total. The van der Waals surface area contributed by atoms with E-state index >= 15 is 0 Å². The molecule has 6 nitrogen and oxygen atoms in total. The second kappa shape index (κ2) is 9.53. The van der Waals surface area contributed by atoms with E-state index in [0.29, 0.717) is 45.8 Å². The molecule has 1 fully saturated rings. The maximum atomic E-state index is 12.3. The van der Waals surface area contributed by atoms with Crippen LogP contribution in [0.3, 0.4) is 0 Å². The number of carbonyl (C=O) groups excluding carboxylic acids is 2. The lowest BCUT2D eigenvalue weighted by atomic mass is 10.2. The van der Waals surface area contributed by atoms with Crippen LogP contribution in [-0.4, -0.2) is 54.5 Å². The predicted octanol–water partition coefficient (Wildman–Crippen LogP) is 2.20. The molecular formula is C20H26N4O2S. The number of rotatable bonds is 6. The Bertz CT molecular complexity index is 754. The Kier molecular flexibility index (Phi) is 6.84. The Morgan fingerprint density at radius 1 is 1.00 bits per heavy atom. The molecule has 0 aliphatic carbocycles. The first-order chi connectivity index (χ1) is 13.1. The number of amides is 3. The van der Waals surface area contributed by atoms with E-state index in [-0.39, 0.29) is 11.9 Å². The minimum atomic E-state index is -0.0315. The number of hydrogen-bond acceptors (Lipinski definition) is 4. The average molecular weight is 387 g/mol. The Labute approximate surface area is 164 Å². The highest BCUT2D eigenvalue weighted by Crippen LogP contribution is 2.15. The lowest BCUT2D eigenvalue weighted by molar-refractivity contribution is -0.122. The molecule has 2 heterocycles. The second-order valence-electron chi connectivity index (χ2n) is 6.71. The van der Waals surface area contributed by atoms with Crippen LogP contribution in [-0.2, 0) is 17.9 Å². The molecule has 0 unspecified atom stereocenters. The molecule has 7 heteroatoms. The van der Waals surface area contributed by atoms with Crippen LogP contribution >= 0.6 is 11.3 Å². The van der Waals surface area contributed by atoms with Crippen molar-refractivity contribution < 1.29 is 9.59 Å². The van der Waals surface area contributed by atoms with Crippen molar-refractivity contribution in [1.82, 2.24) is 20.4 Å². The normalized spacial score (nSPS) is 14.8. The van der Waals surface area contributed by atoms with Crippen molar-refractivity contribution in [2.45, 2.75) is 20.0 Å². The number of nitrogens with zero attached hydrogens (tertiary/aromatic N) is 2. The van der Waals surface area contributed by atoms with E-state index in [0.717, 1.165) is 5.56 Å². The fourth-order valence-electron chi connectivity index (χ4n) is 3.02. The molecule has 0 spiro atoms. The molecule has 0 bridgehead atoms. The van der Waals surface area contributed by atoms with Crippen LogP contribution < -0.4 is 10.6 Å². The molecular weight excluding hydrogens is 360 g/mol. The molecule has 2 aromatic rings. The third kappa shape index (κ3) is 5.80. The monoisotopic (exact) mass is 386 g/mol. The van der Waals surface area contributed by atoms with Gasteiger partial charge in [-0.1, -0.05) is 30.3 Å². The first-order valence-corrected chi connectivity index (χ1v) is 10.1. The quantitative estimate of drug-likeness (QED) is 0.800. The van der Waals surface area contributed by atoms with Gasteiger partial charge >= 0.3 is 6.03 Å². The molecule has 144 valence electrons. The van der Waals surface area contributed by atoms with Crippen LogP contribution in [0.4, 0.5) is 4.79 Å². The summed E-state index contributed by atoms with van der Waals surface area (Å²) in [7, 11) is 0. The summed E-state index contributed by atoms with van der Waals surface area (Å²) in [6, 6.07) is 11.9. The standard InChI is InChI=1S/C20H26N4O2S/c1-16-7-12-27-18(16)14-22-20(26)24-10-8-23(9-11-24)15-19(25)21-13-17-5-3-2-4-6-17/h2-7,12H,8-11,13-15H2,1H3,(H,21,25)(H,22,26). The van der Waals surface area contributed by atoms with Crippen molar-refractivity contribution in [3.05, 3.63) is 57.8 Å². The Hall–Kier alpha value is -2.38. The van der Waals surface area contributed by atoms with E-state index in [1.165, 1.54) is 10.4 Å². The summed E-state index contributed by atoms with van der Waals surface area (Å²) in [5.74, 6) is 0.0184. The summed E-state index contributed by atoms with van der Waals surface area (Å²) in [6.07, 6.45) is 0. The van der Waals surface area contributed by atoms with Gasteiger partial charge in [-0.05, 0) is 29.5 Å². The van der Waals surface area contributed by atoms with E-state index in [4.69, 9.17) is 0 Å². The Balaban J connectivity index is 1.35. The minimum absolute atomic E-state index is 0.0184. The van der Waals surface area contributed by atoms with Gasteiger partial charge in [0.15, 0.2) is 0 Å². The largest absolute Gasteiger partial charge is 0.351 e. The van der Waals surface area contributed by atoms with Gasteiger partial charge in [-0.25, -0.2) is 4.79 Å². The molecule has 3 rings (SSSR count). The van der Waals surface area contributed by atoms with Gasteiger partial charge in [-0.3, -0.25) is 9.69 Å². The number of nitrogens with one attached hydrogen (secondary N) is 2. The molecule has 1 aliphatic heterocycles. The first kappa shape index (κ1) is 19.4. The van der Waals surface area contributed by atoms with Crippen molar-refractivity contribution in [3.63, 3.8) is 0 Å². The predicted molar refractivity (Wildman–Crippen MR) is 108 cm³/mol. The third-order valence-electron chi connectivity index (χ3n) is 4.73. The van der Waals surface area contributed by atoms with Gasteiger partial charge in [0.05, 0.1) is 13.1 Å². The van der Waals surface area contributed by atoms with E-state index in [1.54, 1.807) is 11.3 Å². The van der Waals surface area contributed by atoms with Crippen LogP contribution in [0.15, 0.2) is 41.8 Å². The summed E-state index contributed by atoms with van der Waals surface area (Å²) in [4.78, 5) is 29.5. The van der Waals surface area contributed by atoms with Gasteiger partial charge in [-0.2, -0.15) is 0 Å². The molecule has 0 saturated carbocycles. The SMILES string of the molecule is Cc1ccsc1CNC(=O)N1CCN(CC(=O)NCc2ccccc2)CC1. The zero-order chi connectivity index (χ0) is 19.1. The summed E-state index contributed by atoms with van der Waals surface area (Å²) in [5.41, 5.74) is 2.31. The fourth-order valence-corrected chi connectivity index (χ4v) is 3.86.